The van der Waals surface area contributed by atoms with E-state index in [9.17, 15) is 0 Å². The summed E-state index contributed by atoms with van der Waals surface area (Å²) in [4.78, 5) is 5.06. The topological polar surface area (TPSA) is 18.5 Å². The van der Waals surface area contributed by atoms with Crippen molar-refractivity contribution in [2.24, 2.45) is 0 Å². The van der Waals surface area contributed by atoms with Gasteiger partial charge in [-0.3, -0.25) is 4.90 Å². The first kappa shape index (κ1) is 14.9. The maximum absolute atomic E-state index is 3.82. The molecule has 0 spiro atoms. The molecule has 2 unspecified atom stereocenters. The first-order valence-corrected chi connectivity index (χ1v) is 8.58. The average molecular weight is 287 g/mol. The zero-order valence-corrected chi connectivity index (χ0v) is 13.3. The number of rotatable bonds is 6. The monoisotopic (exact) mass is 287 g/mol. The van der Waals surface area contributed by atoms with Crippen molar-refractivity contribution in [2.75, 3.05) is 38.1 Å². The molecule has 1 N–H and O–H groups in total. The Kier molecular flexibility index (Phi) is 5.15. The van der Waals surface area contributed by atoms with E-state index < -0.39 is 0 Å². The molecule has 2 aliphatic rings. The predicted molar refractivity (Wildman–Crippen MR) is 89.9 cm³/mol. The summed E-state index contributed by atoms with van der Waals surface area (Å²) in [5, 5.41) is 3.82. The van der Waals surface area contributed by atoms with Gasteiger partial charge in [0.1, 0.15) is 0 Å². The van der Waals surface area contributed by atoms with Gasteiger partial charge in [-0.15, -0.1) is 0 Å². The summed E-state index contributed by atoms with van der Waals surface area (Å²) in [7, 11) is 2.19. The highest BCUT2D eigenvalue weighted by molar-refractivity contribution is 5.44. The van der Waals surface area contributed by atoms with Gasteiger partial charge in [-0.1, -0.05) is 24.6 Å². The number of para-hydroxylation sites is 1. The molecule has 2 atom stereocenters. The minimum absolute atomic E-state index is 0.743. The van der Waals surface area contributed by atoms with E-state index in [1.165, 1.54) is 50.9 Å². The lowest BCUT2D eigenvalue weighted by Crippen LogP contribution is -2.45. The zero-order chi connectivity index (χ0) is 14.5. The third-order valence-electron chi connectivity index (χ3n) is 5.13. The first-order chi connectivity index (χ1) is 10.3. The van der Waals surface area contributed by atoms with E-state index in [-0.39, 0.29) is 0 Å². The van der Waals surface area contributed by atoms with Gasteiger partial charge >= 0.3 is 0 Å². The Labute approximate surface area is 129 Å². The van der Waals surface area contributed by atoms with Crippen LogP contribution in [0.2, 0.25) is 0 Å². The first-order valence-electron chi connectivity index (χ1n) is 8.58. The fourth-order valence-electron chi connectivity index (χ4n) is 3.90. The van der Waals surface area contributed by atoms with Crippen LogP contribution in [0, 0.1) is 0 Å². The van der Waals surface area contributed by atoms with Crippen molar-refractivity contribution in [1.29, 1.82) is 0 Å². The molecule has 2 aliphatic heterocycles. The SMILES string of the molecule is CN(CCCNC1CCN2CCCCC12)c1ccccc1. The van der Waals surface area contributed by atoms with E-state index in [1.54, 1.807) is 0 Å². The molecule has 0 aromatic heterocycles. The minimum atomic E-state index is 0.743. The van der Waals surface area contributed by atoms with E-state index in [0.717, 1.165) is 25.2 Å². The molecule has 1 aromatic rings. The third kappa shape index (κ3) is 3.78. The molecular formula is C18H29N3. The molecule has 0 saturated carbocycles. The van der Waals surface area contributed by atoms with Gasteiger partial charge in [0, 0.05) is 37.9 Å². The van der Waals surface area contributed by atoms with Crippen LogP contribution in [0.4, 0.5) is 5.69 Å². The summed E-state index contributed by atoms with van der Waals surface area (Å²) in [6.45, 7) is 4.91. The summed E-state index contributed by atoms with van der Waals surface area (Å²) in [6, 6.07) is 12.2. The molecule has 2 heterocycles. The second kappa shape index (κ2) is 7.28. The van der Waals surface area contributed by atoms with Gasteiger partial charge in [0.15, 0.2) is 0 Å². The van der Waals surface area contributed by atoms with Gasteiger partial charge < -0.3 is 10.2 Å². The Balaban J connectivity index is 1.37. The number of piperidine rings is 1. The van der Waals surface area contributed by atoms with Crippen molar-refractivity contribution in [3.63, 3.8) is 0 Å². The second-order valence-corrected chi connectivity index (χ2v) is 6.56. The van der Waals surface area contributed by atoms with Crippen LogP contribution in [0.15, 0.2) is 30.3 Å². The third-order valence-corrected chi connectivity index (χ3v) is 5.13. The highest BCUT2D eigenvalue weighted by atomic mass is 15.2. The fourth-order valence-corrected chi connectivity index (χ4v) is 3.90. The summed E-state index contributed by atoms with van der Waals surface area (Å²) in [5.41, 5.74) is 1.32. The van der Waals surface area contributed by atoms with Crippen molar-refractivity contribution in [3.8, 4) is 0 Å². The maximum Gasteiger partial charge on any atom is 0.0363 e. The van der Waals surface area contributed by atoms with Gasteiger partial charge in [-0.05, 0) is 50.9 Å². The number of fused-ring (bicyclic) bond motifs is 1. The highest BCUT2D eigenvalue weighted by Crippen LogP contribution is 2.27. The van der Waals surface area contributed by atoms with E-state index in [1.807, 2.05) is 0 Å². The number of benzene rings is 1. The predicted octanol–water partition coefficient (Wildman–Crippen LogP) is 2.73. The van der Waals surface area contributed by atoms with Crippen LogP contribution >= 0.6 is 0 Å². The van der Waals surface area contributed by atoms with Gasteiger partial charge in [0.25, 0.3) is 0 Å². The molecule has 116 valence electrons. The van der Waals surface area contributed by atoms with Crippen molar-refractivity contribution >= 4 is 5.69 Å². The zero-order valence-electron chi connectivity index (χ0n) is 13.3. The highest BCUT2D eigenvalue weighted by Gasteiger charge is 2.34. The van der Waals surface area contributed by atoms with Crippen molar-refractivity contribution in [2.45, 2.75) is 44.2 Å². The Hall–Kier alpha value is -1.06. The van der Waals surface area contributed by atoms with Gasteiger partial charge in [0.05, 0.1) is 0 Å². The number of anilines is 1. The molecule has 1 aromatic carbocycles. The normalized spacial score (nSPS) is 25.8. The number of hydrogen-bond acceptors (Lipinski definition) is 3. The molecular weight excluding hydrogens is 258 g/mol. The summed E-state index contributed by atoms with van der Waals surface area (Å²) < 4.78 is 0. The molecule has 0 radical (unpaired) electrons. The molecule has 3 rings (SSSR count). The molecule has 0 amide bonds. The number of nitrogens with one attached hydrogen (secondary N) is 1. The molecule has 0 aliphatic carbocycles. The minimum Gasteiger partial charge on any atom is -0.375 e. The molecule has 3 heteroatoms. The Morgan fingerprint density at radius 1 is 1.14 bits per heavy atom. The van der Waals surface area contributed by atoms with Gasteiger partial charge in [0.2, 0.25) is 0 Å². The summed E-state index contributed by atoms with van der Waals surface area (Å²) in [6.07, 6.45) is 6.80. The van der Waals surface area contributed by atoms with Crippen LogP contribution in [0.25, 0.3) is 0 Å². The largest absolute Gasteiger partial charge is 0.375 e. The van der Waals surface area contributed by atoms with Crippen molar-refractivity contribution in [1.82, 2.24) is 10.2 Å². The Morgan fingerprint density at radius 2 is 2.00 bits per heavy atom. The molecule has 0 bridgehead atoms. The maximum atomic E-state index is 3.82. The fraction of sp³-hybridized carbons (Fsp3) is 0.667. The van der Waals surface area contributed by atoms with E-state index in [0.29, 0.717) is 0 Å². The smallest absolute Gasteiger partial charge is 0.0363 e. The van der Waals surface area contributed by atoms with Crippen LogP contribution in [-0.4, -0.2) is 50.2 Å². The van der Waals surface area contributed by atoms with Crippen molar-refractivity contribution in [3.05, 3.63) is 30.3 Å². The van der Waals surface area contributed by atoms with Crippen LogP contribution in [0.1, 0.15) is 32.1 Å². The van der Waals surface area contributed by atoms with Crippen molar-refractivity contribution < 1.29 is 0 Å². The standard InChI is InChI=1S/C18H29N3/c1-20(16-8-3-2-4-9-16)13-7-12-19-17-11-15-21-14-6-5-10-18(17)21/h2-4,8-9,17-19H,5-7,10-15H2,1H3. The van der Waals surface area contributed by atoms with E-state index in [4.69, 9.17) is 0 Å². The Bertz CT molecular complexity index is 420. The lowest BCUT2D eigenvalue weighted by atomic mass is 9.99. The average Bonchev–Trinajstić information content (AvgIpc) is 2.95. The summed E-state index contributed by atoms with van der Waals surface area (Å²) in [5.74, 6) is 0. The van der Waals surface area contributed by atoms with E-state index >= 15 is 0 Å². The lowest BCUT2D eigenvalue weighted by Gasteiger charge is -2.32. The van der Waals surface area contributed by atoms with Crippen LogP contribution in [0.5, 0.6) is 0 Å². The van der Waals surface area contributed by atoms with Gasteiger partial charge in [-0.2, -0.15) is 0 Å². The number of nitrogens with zero attached hydrogens (tertiary/aromatic N) is 2. The van der Waals surface area contributed by atoms with E-state index in [2.05, 4.69) is 52.5 Å². The van der Waals surface area contributed by atoms with Crippen LogP contribution in [-0.2, 0) is 0 Å². The lowest BCUT2D eigenvalue weighted by molar-refractivity contribution is 0.180. The Morgan fingerprint density at radius 3 is 2.86 bits per heavy atom. The van der Waals surface area contributed by atoms with Gasteiger partial charge in [-0.25, -0.2) is 0 Å². The molecule has 3 nitrogen and oxygen atoms in total. The van der Waals surface area contributed by atoms with Crippen LogP contribution < -0.4 is 10.2 Å². The second-order valence-electron chi connectivity index (χ2n) is 6.56. The number of hydrogen-bond donors (Lipinski definition) is 1. The molecule has 2 saturated heterocycles. The van der Waals surface area contributed by atoms with Crippen LogP contribution in [0.3, 0.4) is 0 Å². The summed E-state index contributed by atoms with van der Waals surface area (Å²) >= 11 is 0. The quantitative estimate of drug-likeness (QED) is 0.812. The molecule has 2 fully saturated rings. The molecule has 21 heavy (non-hydrogen) atoms.